The van der Waals surface area contributed by atoms with Crippen molar-refractivity contribution in [2.45, 2.75) is 48.1 Å². The van der Waals surface area contributed by atoms with E-state index in [-0.39, 0.29) is 8.73 Å². The SMILES string of the molecule is C=C/C=C(PNc1ccc(CN/C(C)=C/C(=N/C(C)=C(\C)C=NCC)c2ccccc2C)cc1)\C(C#N)=C/C. The smallest absolute Gasteiger partial charge is 0.0995 e. The third-order valence-corrected chi connectivity index (χ3v) is 7.07. The molecule has 5 nitrogen and oxygen atoms in total. The zero-order valence-electron chi connectivity index (χ0n) is 24.0. The average Bonchev–Trinajstić information content (AvgIpc) is 2.94. The zero-order chi connectivity index (χ0) is 28.6. The second kappa shape index (κ2) is 16.8. The van der Waals surface area contributed by atoms with Crippen molar-refractivity contribution in [3.63, 3.8) is 0 Å². The minimum absolute atomic E-state index is 0.272. The molecule has 1 atom stereocenters. The minimum Gasteiger partial charge on any atom is -0.384 e. The normalized spacial score (nSPS) is 14.0. The van der Waals surface area contributed by atoms with Crippen LogP contribution in [-0.2, 0) is 6.54 Å². The first kappa shape index (κ1) is 31.2. The lowest BCUT2D eigenvalue weighted by Gasteiger charge is -2.12. The van der Waals surface area contributed by atoms with Gasteiger partial charge in [-0.05, 0) is 76.5 Å². The number of hydrogen-bond donors (Lipinski definition) is 2. The quantitative estimate of drug-likeness (QED) is 0.117. The highest BCUT2D eigenvalue weighted by molar-refractivity contribution is 7.45. The van der Waals surface area contributed by atoms with Crippen molar-refractivity contribution in [3.8, 4) is 6.07 Å². The minimum atomic E-state index is 0.272. The first-order valence-electron chi connectivity index (χ1n) is 13.1. The Kier molecular flexibility index (Phi) is 13.4. The molecule has 0 aliphatic rings. The maximum atomic E-state index is 9.35. The molecule has 2 rings (SSSR count). The van der Waals surface area contributed by atoms with Gasteiger partial charge in [-0.25, -0.2) is 0 Å². The molecule has 0 heterocycles. The van der Waals surface area contributed by atoms with Crippen molar-refractivity contribution in [1.82, 2.24) is 5.32 Å². The van der Waals surface area contributed by atoms with Gasteiger partial charge in [0.25, 0.3) is 0 Å². The van der Waals surface area contributed by atoms with Gasteiger partial charge in [0.05, 0.1) is 17.4 Å². The number of allylic oxidation sites excluding steroid dienone is 9. The lowest BCUT2D eigenvalue weighted by molar-refractivity contribution is 0.813. The summed E-state index contributed by atoms with van der Waals surface area (Å²) in [6, 6.07) is 18.9. The molecule has 2 aromatic rings. The number of aryl methyl sites for hydroxylation is 1. The predicted molar refractivity (Wildman–Crippen MR) is 172 cm³/mol. The first-order valence-corrected chi connectivity index (χ1v) is 14.1. The number of nitriles is 1. The fourth-order valence-corrected chi connectivity index (χ4v) is 4.54. The van der Waals surface area contributed by atoms with Crippen LogP contribution >= 0.6 is 8.73 Å². The van der Waals surface area contributed by atoms with Gasteiger partial charge in [-0.15, -0.1) is 0 Å². The zero-order valence-corrected chi connectivity index (χ0v) is 25.0. The summed E-state index contributed by atoms with van der Waals surface area (Å²) in [5.74, 6) is 0. The van der Waals surface area contributed by atoms with Crippen molar-refractivity contribution in [2.24, 2.45) is 9.98 Å². The second-order valence-electron chi connectivity index (χ2n) is 8.97. The van der Waals surface area contributed by atoms with E-state index in [4.69, 9.17) is 4.99 Å². The summed E-state index contributed by atoms with van der Waals surface area (Å²) in [4.78, 5) is 9.34. The topological polar surface area (TPSA) is 72.6 Å². The highest BCUT2D eigenvalue weighted by atomic mass is 31.1. The van der Waals surface area contributed by atoms with Gasteiger partial charge in [-0.3, -0.25) is 9.98 Å². The van der Waals surface area contributed by atoms with Crippen LogP contribution in [-0.4, -0.2) is 18.5 Å². The van der Waals surface area contributed by atoms with Crippen LogP contribution in [0.1, 0.15) is 51.3 Å². The van der Waals surface area contributed by atoms with E-state index in [0.717, 1.165) is 45.8 Å². The molecule has 39 heavy (non-hydrogen) atoms. The summed E-state index contributed by atoms with van der Waals surface area (Å²) in [6.45, 7) is 17.4. The monoisotopic (exact) mass is 537 g/mol. The fraction of sp³-hybridized carbons (Fsp3) is 0.242. The molecule has 0 aliphatic carbocycles. The molecular formula is C33H40N5P. The van der Waals surface area contributed by atoms with E-state index >= 15 is 0 Å². The molecule has 0 saturated carbocycles. The summed E-state index contributed by atoms with van der Waals surface area (Å²) in [5.41, 5.74) is 9.07. The molecule has 6 heteroatoms. The van der Waals surface area contributed by atoms with Crippen molar-refractivity contribution < 1.29 is 0 Å². The van der Waals surface area contributed by atoms with Crippen molar-refractivity contribution in [3.05, 3.63) is 124 Å². The second-order valence-corrected chi connectivity index (χ2v) is 10.0. The summed E-state index contributed by atoms with van der Waals surface area (Å²) in [6.07, 6.45) is 9.41. The molecule has 0 spiro atoms. The Morgan fingerprint density at radius 3 is 2.44 bits per heavy atom. The van der Waals surface area contributed by atoms with Crippen LogP contribution in [0.2, 0.25) is 0 Å². The molecule has 202 valence electrons. The maximum absolute atomic E-state index is 9.35. The van der Waals surface area contributed by atoms with Crippen LogP contribution < -0.4 is 10.4 Å². The van der Waals surface area contributed by atoms with Crippen LogP contribution in [0.3, 0.4) is 0 Å². The Morgan fingerprint density at radius 1 is 1.10 bits per heavy atom. The molecule has 0 amide bonds. The van der Waals surface area contributed by atoms with E-state index in [2.05, 4.69) is 84.4 Å². The van der Waals surface area contributed by atoms with E-state index in [1.54, 1.807) is 6.08 Å². The summed E-state index contributed by atoms with van der Waals surface area (Å²) in [5, 5.41) is 17.2. The van der Waals surface area contributed by atoms with Gasteiger partial charge < -0.3 is 10.4 Å². The van der Waals surface area contributed by atoms with Crippen molar-refractivity contribution in [2.75, 3.05) is 11.6 Å². The van der Waals surface area contributed by atoms with Gasteiger partial charge >= 0.3 is 0 Å². The Morgan fingerprint density at radius 2 is 1.82 bits per heavy atom. The number of hydrogen-bond acceptors (Lipinski definition) is 5. The van der Waals surface area contributed by atoms with E-state index in [0.29, 0.717) is 12.1 Å². The summed E-state index contributed by atoms with van der Waals surface area (Å²) >= 11 is 0. The number of benzene rings is 2. The molecule has 2 aromatic carbocycles. The number of nitrogens with zero attached hydrogens (tertiary/aromatic N) is 3. The first-order chi connectivity index (χ1) is 18.8. The van der Waals surface area contributed by atoms with E-state index < -0.39 is 0 Å². The molecule has 2 N–H and O–H groups in total. The van der Waals surface area contributed by atoms with Gasteiger partial charge in [0.2, 0.25) is 0 Å². The third kappa shape index (κ3) is 10.3. The molecule has 0 bridgehead atoms. The van der Waals surface area contributed by atoms with E-state index in [1.807, 2.05) is 58.2 Å². The molecule has 0 aromatic heterocycles. The third-order valence-electron chi connectivity index (χ3n) is 5.95. The molecular weight excluding hydrogens is 497 g/mol. The van der Waals surface area contributed by atoms with Crippen LogP contribution in [0, 0.1) is 18.3 Å². The number of nitrogens with one attached hydrogen (secondary N) is 2. The molecule has 0 saturated heterocycles. The van der Waals surface area contributed by atoms with Crippen molar-refractivity contribution >= 4 is 26.3 Å². The van der Waals surface area contributed by atoms with Crippen LogP contribution in [0.15, 0.2) is 117 Å². The van der Waals surface area contributed by atoms with E-state index in [9.17, 15) is 5.26 Å². The summed E-state index contributed by atoms with van der Waals surface area (Å²) < 4.78 is 0. The lowest BCUT2D eigenvalue weighted by Crippen LogP contribution is -2.13. The van der Waals surface area contributed by atoms with Crippen LogP contribution in [0.5, 0.6) is 0 Å². The van der Waals surface area contributed by atoms with Gasteiger partial charge in [0.15, 0.2) is 0 Å². The number of aliphatic imine (C=N–C) groups is 2. The van der Waals surface area contributed by atoms with Crippen LogP contribution in [0.25, 0.3) is 0 Å². The highest BCUT2D eigenvalue weighted by Crippen LogP contribution is 2.31. The number of rotatable bonds is 13. The molecule has 1 unspecified atom stereocenters. The maximum Gasteiger partial charge on any atom is 0.0995 e. The Balaban J connectivity index is 2.16. The lowest BCUT2D eigenvalue weighted by atomic mass is 10.0. The van der Waals surface area contributed by atoms with Gasteiger partial charge in [0, 0.05) is 56.0 Å². The standard InChI is InChI=1S/C33H40N5P/c1-8-13-33(29(9-2)21-34)39-38-30-18-16-28(17-19-30)23-36-26(6)20-32(31-15-12-11-14-24(31)4)37-27(7)25(5)22-35-10-3/h8-9,11-20,22,36,38-39H,1,10,23H2,2-7H3/b26-20+,27-25+,29-9-,33-13+,35-22?,37-32-. The molecule has 0 fully saturated rings. The molecule has 0 radical (unpaired) electrons. The Hall–Kier alpha value is -4.00. The Labute approximate surface area is 236 Å². The summed E-state index contributed by atoms with van der Waals surface area (Å²) in [7, 11) is 0.272. The highest BCUT2D eigenvalue weighted by Gasteiger charge is 2.07. The Bertz CT molecular complexity index is 1350. The molecule has 0 aliphatic heterocycles. The van der Waals surface area contributed by atoms with Gasteiger partial charge in [-0.2, -0.15) is 5.26 Å². The van der Waals surface area contributed by atoms with Crippen LogP contribution in [0.4, 0.5) is 5.69 Å². The van der Waals surface area contributed by atoms with Gasteiger partial charge in [0.1, 0.15) is 0 Å². The predicted octanol–water partition coefficient (Wildman–Crippen LogP) is 8.41. The van der Waals surface area contributed by atoms with Crippen molar-refractivity contribution in [1.29, 1.82) is 5.26 Å². The fourth-order valence-electron chi connectivity index (χ4n) is 3.56. The largest absolute Gasteiger partial charge is 0.384 e. The van der Waals surface area contributed by atoms with E-state index in [1.165, 1.54) is 11.1 Å². The number of anilines is 1. The average molecular weight is 538 g/mol. The van der Waals surface area contributed by atoms with Gasteiger partial charge in [-0.1, -0.05) is 61.2 Å².